The minimum absolute atomic E-state index is 0.121. The molecule has 0 radical (unpaired) electrons. The van der Waals surface area contributed by atoms with Gasteiger partial charge in [0.05, 0.1) is 18.7 Å². The topological polar surface area (TPSA) is 62.8 Å². The fourth-order valence-corrected chi connectivity index (χ4v) is 5.43. The third kappa shape index (κ3) is 4.34. The van der Waals surface area contributed by atoms with Gasteiger partial charge in [0.25, 0.3) is 0 Å². The first-order valence-corrected chi connectivity index (χ1v) is 12.0. The summed E-state index contributed by atoms with van der Waals surface area (Å²) in [7, 11) is 1.49. The maximum atomic E-state index is 13.8. The van der Waals surface area contributed by atoms with Gasteiger partial charge in [0, 0.05) is 22.0 Å². The molecule has 0 saturated carbocycles. The maximum Gasteiger partial charge on any atom is 0.416 e. The zero-order valence-corrected chi connectivity index (χ0v) is 21.2. The molecule has 1 saturated heterocycles. The van der Waals surface area contributed by atoms with Gasteiger partial charge in [-0.05, 0) is 67.7 Å². The van der Waals surface area contributed by atoms with E-state index in [1.807, 2.05) is 0 Å². The van der Waals surface area contributed by atoms with Crippen molar-refractivity contribution in [3.05, 3.63) is 82.9 Å². The molecule has 2 bridgehead atoms. The molecule has 6 nitrogen and oxygen atoms in total. The Labute approximate surface area is 221 Å². The monoisotopic (exact) mass is 547 g/mol. The van der Waals surface area contributed by atoms with Gasteiger partial charge in [-0.15, -0.1) is 0 Å². The molecule has 3 aromatic carbocycles. The Morgan fingerprint density at radius 1 is 1.16 bits per heavy atom. The van der Waals surface area contributed by atoms with E-state index >= 15 is 0 Å². The Balaban J connectivity index is 1.65. The third-order valence-electron chi connectivity index (χ3n) is 6.54. The van der Waals surface area contributed by atoms with E-state index in [1.165, 1.54) is 24.1 Å². The molecule has 3 atom stereocenters. The number of fused-ring (bicyclic) bond motifs is 4. The second-order valence-corrected chi connectivity index (χ2v) is 9.64. The minimum atomic E-state index is -4.57. The number of para-hydroxylation sites is 1. The summed E-state index contributed by atoms with van der Waals surface area (Å²) in [5, 5.41) is 6.67. The number of benzene rings is 3. The number of anilines is 2. The zero-order chi connectivity index (χ0) is 26.5. The van der Waals surface area contributed by atoms with E-state index in [0.717, 1.165) is 12.1 Å². The first-order chi connectivity index (χ1) is 17.5. The number of thiocarbonyl (C=S) groups is 1. The molecule has 5 rings (SSSR count). The van der Waals surface area contributed by atoms with Gasteiger partial charge in [-0.2, -0.15) is 13.2 Å². The van der Waals surface area contributed by atoms with Crippen molar-refractivity contribution in [1.82, 2.24) is 5.32 Å². The van der Waals surface area contributed by atoms with Crippen molar-refractivity contribution in [2.45, 2.75) is 24.9 Å². The van der Waals surface area contributed by atoms with Crippen LogP contribution in [0.2, 0.25) is 5.02 Å². The summed E-state index contributed by atoms with van der Waals surface area (Å²) >= 11 is 11.6. The summed E-state index contributed by atoms with van der Waals surface area (Å²) in [6.07, 6.45) is -4.57. The van der Waals surface area contributed by atoms with Gasteiger partial charge in [-0.1, -0.05) is 29.8 Å². The Kier molecular flexibility index (Phi) is 6.19. The van der Waals surface area contributed by atoms with Crippen molar-refractivity contribution in [1.29, 1.82) is 0 Å². The average molecular weight is 548 g/mol. The molecule has 2 N–H and O–H groups in total. The summed E-state index contributed by atoms with van der Waals surface area (Å²) < 4.78 is 52.7. The van der Waals surface area contributed by atoms with Crippen molar-refractivity contribution in [2.75, 3.05) is 17.3 Å². The summed E-state index contributed by atoms with van der Waals surface area (Å²) in [5.41, 5.74) is -1.11. The van der Waals surface area contributed by atoms with E-state index in [2.05, 4.69) is 10.6 Å². The van der Waals surface area contributed by atoms with Crippen molar-refractivity contribution >= 4 is 46.2 Å². The summed E-state index contributed by atoms with van der Waals surface area (Å²) in [5.74, 6) is -0.566. The number of ether oxygens (including phenoxy) is 2. The molecular weight excluding hydrogens is 527 g/mol. The third-order valence-corrected chi connectivity index (χ3v) is 7.09. The van der Waals surface area contributed by atoms with Crippen LogP contribution < -0.4 is 25.0 Å². The second-order valence-electron chi connectivity index (χ2n) is 8.82. The normalized spacial score (nSPS) is 22.4. The molecule has 0 unspecified atom stereocenters. The van der Waals surface area contributed by atoms with Crippen LogP contribution in [0.1, 0.15) is 24.1 Å². The van der Waals surface area contributed by atoms with Gasteiger partial charge in [0.15, 0.2) is 22.3 Å². The highest BCUT2D eigenvalue weighted by atomic mass is 35.5. The molecule has 2 heterocycles. The van der Waals surface area contributed by atoms with Crippen molar-refractivity contribution < 1.29 is 27.4 Å². The number of alkyl halides is 3. The number of carbonyl (C=O) groups is 1. The lowest BCUT2D eigenvalue weighted by molar-refractivity contribution is -0.137. The predicted molar refractivity (Wildman–Crippen MR) is 138 cm³/mol. The fourth-order valence-electron chi connectivity index (χ4n) is 4.89. The number of rotatable bonds is 4. The molecule has 0 aromatic heterocycles. The molecule has 37 heavy (non-hydrogen) atoms. The van der Waals surface area contributed by atoms with Gasteiger partial charge in [0.2, 0.25) is 5.91 Å². The highest BCUT2D eigenvalue weighted by Gasteiger charge is 2.59. The van der Waals surface area contributed by atoms with Gasteiger partial charge in [-0.3, -0.25) is 9.69 Å². The Morgan fingerprint density at radius 3 is 2.54 bits per heavy atom. The predicted octanol–water partition coefficient (Wildman–Crippen LogP) is 6.17. The standard InChI is InChI=1S/C26H21ClF3N3O3S/c1-25-20(23(34)31-16-11-9-15(27)10-12-16)21(18-7-4-8-19(35-2)22(18)36-25)32-24(37)33(25)17-6-3-5-14(13-17)26(28,29)30/h3-13,20-21H,1-2H3,(H,31,34)(H,32,37)/t20-,21+,25-/m0/s1. The van der Waals surface area contributed by atoms with Crippen molar-refractivity contribution in [2.24, 2.45) is 5.92 Å². The smallest absolute Gasteiger partial charge is 0.416 e. The van der Waals surface area contributed by atoms with E-state index in [9.17, 15) is 18.0 Å². The van der Waals surface area contributed by atoms with E-state index in [4.69, 9.17) is 33.3 Å². The van der Waals surface area contributed by atoms with Crippen LogP contribution in [0, 0.1) is 5.92 Å². The van der Waals surface area contributed by atoms with Gasteiger partial charge < -0.3 is 20.1 Å². The van der Waals surface area contributed by atoms with Crippen LogP contribution >= 0.6 is 23.8 Å². The number of hydrogen-bond acceptors (Lipinski definition) is 4. The van der Waals surface area contributed by atoms with Crippen LogP contribution in [0.3, 0.4) is 0 Å². The highest BCUT2D eigenvalue weighted by Crippen LogP contribution is 2.52. The average Bonchev–Trinajstić information content (AvgIpc) is 2.84. The second kappa shape index (κ2) is 9.11. The molecule has 1 fully saturated rings. The SMILES string of the molecule is COc1cccc2c1O[C@@]1(C)[C@H](C(=O)Nc3ccc(Cl)cc3)[C@@H]2NC(=S)N1c1cccc(C(F)(F)F)c1. The highest BCUT2D eigenvalue weighted by molar-refractivity contribution is 7.80. The van der Waals surface area contributed by atoms with Crippen LogP contribution in [0.5, 0.6) is 11.5 Å². The number of hydrogen-bond donors (Lipinski definition) is 2. The Bertz CT molecular complexity index is 1390. The number of nitrogens with one attached hydrogen (secondary N) is 2. The quantitative estimate of drug-likeness (QED) is 0.381. The first kappa shape index (κ1) is 25.2. The van der Waals surface area contributed by atoms with Crippen molar-refractivity contribution in [3.8, 4) is 11.5 Å². The Hall–Kier alpha value is -3.50. The number of methoxy groups -OCH3 is 1. The molecule has 192 valence electrons. The largest absolute Gasteiger partial charge is 0.493 e. The molecule has 2 aliphatic rings. The number of nitrogens with zero attached hydrogens (tertiary/aromatic N) is 1. The number of carbonyl (C=O) groups excluding carboxylic acids is 1. The summed E-state index contributed by atoms with van der Waals surface area (Å²) in [4.78, 5) is 15.2. The summed E-state index contributed by atoms with van der Waals surface area (Å²) in [6.45, 7) is 1.63. The van der Waals surface area contributed by atoms with E-state index in [-0.39, 0.29) is 10.8 Å². The van der Waals surface area contributed by atoms with Gasteiger partial charge in [-0.25, -0.2) is 0 Å². The number of halogens is 4. The van der Waals surface area contributed by atoms with Crippen molar-refractivity contribution in [3.63, 3.8) is 0 Å². The first-order valence-electron chi connectivity index (χ1n) is 11.2. The van der Waals surface area contributed by atoms with Crippen LogP contribution in [0.15, 0.2) is 66.7 Å². The molecule has 11 heteroatoms. The minimum Gasteiger partial charge on any atom is -0.493 e. The van der Waals surface area contributed by atoms with Crippen LogP contribution in [-0.4, -0.2) is 23.9 Å². The molecule has 3 aromatic rings. The molecule has 2 aliphatic heterocycles. The van der Waals surface area contributed by atoms with E-state index in [1.54, 1.807) is 49.4 Å². The van der Waals surface area contributed by atoms with Crippen LogP contribution in [0.4, 0.5) is 24.5 Å². The van der Waals surface area contributed by atoms with Crippen LogP contribution in [0.25, 0.3) is 0 Å². The molecule has 0 aliphatic carbocycles. The van der Waals surface area contributed by atoms with Crippen LogP contribution in [-0.2, 0) is 11.0 Å². The molecule has 0 spiro atoms. The molecule has 1 amide bonds. The summed E-state index contributed by atoms with van der Waals surface area (Å²) in [6, 6.07) is 15.9. The fraction of sp³-hybridized carbons (Fsp3) is 0.231. The lowest BCUT2D eigenvalue weighted by Gasteiger charge is -2.56. The van der Waals surface area contributed by atoms with Gasteiger partial charge >= 0.3 is 6.18 Å². The Morgan fingerprint density at radius 2 is 1.86 bits per heavy atom. The maximum absolute atomic E-state index is 13.8. The van der Waals surface area contributed by atoms with E-state index < -0.39 is 35.3 Å². The number of amides is 1. The zero-order valence-electron chi connectivity index (χ0n) is 19.6. The lowest BCUT2D eigenvalue weighted by Crippen LogP contribution is -2.72. The molecular formula is C26H21ClF3N3O3S. The lowest BCUT2D eigenvalue weighted by atomic mass is 9.78. The van der Waals surface area contributed by atoms with Gasteiger partial charge in [0.1, 0.15) is 5.92 Å². The van der Waals surface area contributed by atoms with E-state index in [0.29, 0.717) is 27.8 Å².